The second-order valence-corrected chi connectivity index (χ2v) is 9.39. The minimum absolute atomic E-state index is 0.137. The number of amides is 1. The Hall–Kier alpha value is -0.460. The first-order chi connectivity index (χ1) is 11.3. The fourth-order valence-corrected chi connectivity index (χ4v) is 4.54. The van der Waals surface area contributed by atoms with Crippen LogP contribution in [0, 0.1) is 5.41 Å². The monoisotopic (exact) mass is 358 g/mol. The number of piperidine rings is 1. The summed E-state index contributed by atoms with van der Waals surface area (Å²) in [6, 6.07) is 0.642. The van der Waals surface area contributed by atoms with Gasteiger partial charge in [0.1, 0.15) is 5.60 Å². The number of hydrogen-bond acceptors (Lipinski definition) is 5. The highest BCUT2D eigenvalue weighted by molar-refractivity contribution is 7.99. The smallest absolute Gasteiger partial charge is 0.410 e. The number of rotatable bonds is 5. The molecule has 0 saturated carbocycles. The quantitative estimate of drug-likeness (QED) is 0.818. The van der Waals surface area contributed by atoms with Crippen LogP contribution in [0.1, 0.15) is 46.5 Å². The van der Waals surface area contributed by atoms with Gasteiger partial charge >= 0.3 is 6.09 Å². The fraction of sp³-hybridized carbons (Fsp3) is 0.944. The van der Waals surface area contributed by atoms with Crippen molar-refractivity contribution in [2.45, 2.75) is 58.1 Å². The van der Waals surface area contributed by atoms with E-state index in [9.17, 15) is 4.79 Å². The molecule has 1 amide bonds. The van der Waals surface area contributed by atoms with Crippen molar-refractivity contribution in [1.29, 1.82) is 0 Å². The van der Waals surface area contributed by atoms with Crippen molar-refractivity contribution >= 4 is 17.9 Å². The van der Waals surface area contributed by atoms with E-state index in [1.807, 2.05) is 25.7 Å². The van der Waals surface area contributed by atoms with E-state index in [1.165, 1.54) is 24.3 Å². The van der Waals surface area contributed by atoms with Crippen molar-refractivity contribution in [2.24, 2.45) is 5.41 Å². The second-order valence-electron chi connectivity index (χ2n) is 8.17. The normalized spacial score (nSPS) is 22.4. The van der Waals surface area contributed by atoms with Crippen LogP contribution in [0.25, 0.3) is 0 Å². The van der Waals surface area contributed by atoms with E-state index in [2.05, 4.69) is 17.1 Å². The number of likely N-dealkylation sites (tertiary alicyclic amines) is 1. The molecule has 2 aliphatic rings. The summed E-state index contributed by atoms with van der Waals surface area (Å²) in [4.78, 5) is 14.1. The van der Waals surface area contributed by atoms with Gasteiger partial charge in [-0.25, -0.2) is 4.79 Å². The topological polar surface area (TPSA) is 50.8 Å². The summed E-state index contributed by atoms with van der Waals surface area (Å²) in [5.74, 6) is 2.53. The number of nitrogens with one attached hydrogen (secondary N) is 1. The Kier molecular flexibility index (Phi) is 7.25. The molecule has 0 bridgehead atoms. The van der Waals surface area contributed by atoms with Crippen LogP contribution in [0.3, 0.4) is 0 Å². The molecule has 0 aromatic rings. The van der Waals surface area contributed by atoms with Crippen LogP contribution in [0.5, 0.6) is 0 Å². The summed E-state index contributed by atoms with van der Waals surface area (Å²) in [5, 5.41) is 3.77. The van der Waals surface area contributed by atoms with Gasteiger partial charge in [0.15, 0.2) is 0 Å². The maximum atomic E-state index is 12.2. The Morgan fingerprint density at radius 2 is 1.88 bits per heavy atom. The predicted molar refractivity (Wildman–Crippen MR) is 99.7 cm³/mol. The summed E-state index contributed by atoms with van der Waals surface area (Å²) >= 11 is 2.05. The summed E-state index contributed by atoms with van der Waals surface area (Å²) in [6.07, 6.45) is 4.27. The van der Waals surface area contributed by atoms with Crippen molar-refractivity contribution in [1.82, 2.24) is 10.2 Å². The number of thioether (sulfide) groups is 1. The highest BCUT2D eigenvalue weighted by Crippen LogP contribution is 2.32. The van der Waals surface area contributed by atoms with Crippen LogP contribution < -0.4 is 5.32 Å². The number of ether oxygens (including phenoxy) is 2. The lowest BCUT2D eigenvalue weighted by Gasteiger charge is -2.42. The van der Waals surface area contributed by atoms with Gasteiger partial charge in [-0.05, 0) is 58.0 Å². The minimum atomic E-state index is -0.432. The van der Waals surface area contributed by atoms with Crippen LogP contribution in [-0.2, 0) is 9.47 Å². The molecule has 2 fully saturated rings. The number of carbonyl (C=O) groups excluding carboxylic acids is 1. The second kappa shape index (κ2) is 8.77. The highest BCUT2D eigenvalue weighted by Gasteiger charge is 2.37. The van der Waals surface area contributed by atoms with Gasteiger partial charge in [0, 0.05) is 38.2 Å². The van der Waals surface area contributed by atoms with Crippen molar-refractivity contribution < 1.29 is 14.3 Å². The summed E-state index contributed by atoms with van der Waals surface area (Å²) in [5.41, 5.74) is -0.295. The molecule has 0 aliphatic carbocycles. The molecule has 2 aliphatic heterocycles. The SMILES string of the molecule is COCC1(CNC2CCSCC2)CCN(C(=O)OC(C)(C)C)CC1. The highest BCUT2D eigenvalue weighted by atomic mass is 32.2. The number of hydrogen-bond donors (Lipinski definition) is 1. The largest absolute Gasteiger partial charge is 0.444 e. The Morgan fingerprint density at radius 3 is 2.42 bits per heavy atom. The van der Waals surface area contributed by atoms with Gasteiger partial charge in [0.2, 0.25) is 0 Å². The maximum absolute atomic E-state index is 12.2. The zero-order chi connectivity index (χ0) is 17.6. The summed E-state index contributed by atoms with van der Waals surface area (Å²) in [6.45, 7) is 8.98. The zero-order valence-electron chi connectivity index (χ0n) is 15.7. The van der Waals surface area contributed by atoms with Gasteiger partial charge in [-0.2, -0.15) is 11.8 Å². The Balaban J connectivity index is 1.84. The maximum Gasteiger partial charge on any atom is 0.410 e. The molecule has 2 heterocycles. The van der Waals surface area contributed by atoms with Gasteiger partial charge in [-0.3, -0.25) is 0 Å². The fourth-order valence-electron chi connectivity index (χ4n) is 3.43. The predicted octanol–water partition coefficient (Wildman–Crippen LogP) is 3.14. The molecule has 0 aromatic heterocycles. The molecule has 0 aromatic carbocycles. The first-order valence-corrected chi connectivity index (χ1v) is 10.3. The third-order valence-corrected chi connectivity index (χ3v) is 5.96. The summed E-state index contributed by atoms with van der Waals surface area (Å²) < 4.78 is 11.0. The van der Waals surface area contributed by atoms with Gasteiger partial charge in [-0.1, -0.05) is 0 Å². The Labute approximate surface area is 151 Å². The van der Waals surface area contributed by atoms with E-state index in [0.29, 0.717) is 6.04 Å². The van der Waals surface area contributed by atoms with Crippen LogP contribution in [-0.4, -0.2) is 67.5 Å². The van der Waals surface area contributed by atoms with Crippen molar-refractivity contribution in [3.63, 3.8) is 0 Å². The molecule has 24 heavy (non-hydrogen) atoms. The molecule has 2 saturated heterocycles. The molecule has 0 atom stereocenters. The van der Waals surface area contributed by atoms with Gasteiger partial charge < -0.3 is 19.7 Å². The molecular weight excluding hydrogens is 324 g/mol. The Morgan fingerprint density at radius 1 is 1.25 bits per heavy atom. The van der Waals surface area contributed by atoms with E-state index in [0.717, 1.165) is 39.1 Å². The standard InChI is InChI=1S/C18H34N2O3S/c1-17(2,3)23-16(21)20-9-7-18(8-10-20,14-22-4)13-19-15-5-11-24-12-6-15/h15,19H,5-14H2,1-4H3. The van der Waals surface area contributed by atoms with E-state index in [-0.39, 0.29) is 11.5 Å². The molecule has 5 nitrogen and oxygen atoms in total. The van der Waals surface area contributed by atoms with Crippen LogP contribution >= 0.6 is 11.8 Å². The molecule has 2 rings (SSSR count). The third kappa shape index (κ3) is 6.12. The van der Waals surface area contributed by atoms with E-state index in [1.54, 1.807) is 7.11 Å². The first-order valence-electron chi connectivity index (χ1n) is 9.12. The lowest BCUT2D eigenvalue weighted by Crippen LogP contribution is -2.51. The van der Waals surface area contributed by atoms with Gasteiger partial charge in [-0.15, -0.1) is 0 Å². The number of methoxy groups -OCH3 is 1. The van der Waals surface area contributed by atoms with Crippen molar-refractivity contribution in [3.05, 3.63) is 0 Å². The van der Waals surface area contributed by atoms with Crippen LogP contribution in [0.4, 0.5) is 4.79 Å². The van der Waals surface area contributed by atoms with Crippen LogP contribution in [0.2, 0.25) is 0 Å². The van der Waals surface area contributed by atoms with Crippen molar-refractivity contribution in [3.8, 4) is 0 Å². The molecule has 140 valence electrons. The molecular formula is C18H34N2O3S. The Bertz CT molecular complexity index is 398. The molecule has 1 N–H and O–H groups in total. The lowest BCUT2D eigenvalue weighted by molar-refractivity contribution is -0.00735. The van der Waals surface area contributed by atoms with Crippen molar-refractivity contribution in [2.75, 3.05) is 44.9 Å². The van der Waals surface area contributed by atoms with Gasteiger partial charge in [0.05, 0.1) is 6.61 Å². The summed E-state index contributed by atoms with van der Waals surface area (Å²) in [7, 11) is 1.78. The minimum Gasteiger partial charge on any atom is -0.444 e. The molecule has 0 unspecified atom stereocenters. The molecule has 0 spiro atoms. The van der Waals surface area contributed by atoms with Gasteiger partial charge in [0.25, 0.3) is 0 Å². The van der Waals surface area contributed by atoms with E-state index < -0.39 is 5.60 Å². The zero-order valence-corrected chi connectivity index (χ0v) is 16.5. The number of carbonyl (C=O) groups is 1. The first kappa shape index (κ1) is 19.9. The molecule has 0 radical (unpaired) electrons. The third-order valence-electron chi connectivity index (χ3n) is 4.91. The van der Waals surface area contributed by atoms with E-state index >= 15 is 0 Å². The average Bonchev–Trinajstić information content (AvgIpc) is 2.53. The molecule has 6 heteroatoms. The lowest BCUT2D eigenvalue weighted by atomic mass is 9.78. The van der Waals surface area contributed by atoms with Crippen LogP contribution in [0.15, 0.2) is 0 Å². The number of nitrogens with zero attached hydrogens (tertiary/aromatic N) is 1. The average molecular weight is 359 g/mol. The van der Waals surface area contributed by atoms with E-state index in [4.69, 9.17) is 9.47 Å².